The van der Waals surface area contributed by atoms with Gasteiger partial charge in [0.25, 0.3) is 0 Å². The molecule has 0 spiro atoms. The molecule has 1 aliphatic rings. The molecule has 27 heavy (non-hydrogen) atoms. The lowest BCUT2D eigenvalue weighted by molar-refractivity contribution is 0.0625. The molecule has 0 unspecified atom stereocenters. The monoisotopic (exact) mass is 393 g/mol. The average Bonchev–Trinajstić information content (AvgIpc) is 3.13. The molecule has 0 amide bonds. The standard InChI is InChI=1S/C19H23NO6S/c1-19(21,15-5-8-17-18(11-15)26-13-25-17)12-20-27(22,23)10-9-14-3-6-16(24-2)7-4-14/h3-8,11,20-21H,9-10,12-13H2,1-2H3/t19-/m0/s1. The lowest BCUT2D eigenvalue weighted by Crippen LogP contribution is -2.39. The minimum absolute atomic E-state index is 0.0729. The zero-order chi connectivity index (χ0) is 19.5. The summed E-state index contributed by atoms with van der Waals surface area (Å²) in [5.41, 5.74) is 0.0575. The second-order valence-corrected chi connectivity index (χ2v) is 8.51. The van der Waals surface area contributed by atoms with Crippen LogP contribution in [0.5, 0.6) is 17.2 Å². The number of aliphatic hydroxyl groups is 1. The Balaban J connectivity index is 1.58. The van der Waals surface area contributed by atoms with Crippen LogP contribution in [0.25, 0.3) is 0 Å². The lowest BCUT2D eigenvalue weighted by Gasteiger charge is -2.24. The molecule has 2 aromatic rings. The van der Waals surface area contributed by atoms with Crippen molar-refractivity contribution in [3.63, 3.8) is 0 Å². The maximum Gasteiger partial charge on any atom is 0.231 e. The first-order chi connectivity index (χ1) is 12.8. The van der Waals surface area contributed by atoms with Crippen molar-refractivity contribution in [1.82, 2.24) is 4.72 Å². The Bertz CT molecular complexity index is 893. The van der Waals surface area contributed by atoms with Gasteiger partial charge in [-0.3, -0.25) is 0 Å². The molecule has 0 saturated heterocycles. The summed E-state index contributed by atoms with van der Waals surface area (Å²) in [5.74, 6) is 1.79. The van der Waals surface area contributed by atoms with Gasteiger partial charge in [-0.25, -0.2) is 13.1 Å². The van der Waals surface area contributed by atoms with Crippen LogP contribution in [-0.2, 0) is 22.0 Å². The van der Waals surface area contributed by atoms with Crippen molar-refractivity contribution in [3.05, 3.63) is 53.6 Å². The molecule has 146 valence electrons. The Morgan fingerprint density at radius 2 is 1.85 bits per heavy atom. The third kappa shape index (κ3) is 4.91. The number of hydrogen-bond acceptors (Lipinski definition) is 6. The highest BCUT2D eigenvalue weighted by Crippen LogP contribution is 2.35. The third-order valence-corrected chi connectivity index (χ3v) is 5.78. The summed E-state index contributed by atoms with van der Waals surface area (Å²) in [6, 6.07) is 12.3. The van der Waals surface area contributed by atoms with Crippen LogP contribution in [0.3, 0.4) is 0 Å². The predicted octanol–water partition coefficient (Wildman–Crippen LogP) is 1.79. The van der Waals surface area contributed by atoms with Crippen molar-refractivity contribution in [2.75, 3.05) is 26.2 Å². The first kappa shape index (κ1) is 19.5. The molecule has 2 N–H and O–H groups in total. The highest BCUT2D eigenvalue weighted by atomic mass is 32.2. The van der Waals surface area contributed by atoms with E-state index in [0.29, 0.717) is 23.5 Å². The fraction of sp³-hybridized carbons (Fsp3) is 0.368. The van der Waals surface area contributed by atoms with Crippen LogP contribution in [0.15, 0.2) is 42.5 Å². The van der Waals surface area contributed by atoms with Crippen molar-refractivity contribution >= 4 is 10.0 Å². The molecule has 0 bridgehead atoms. The van der Waals surface area contributed by atoms with E-state index in [2.05, 4.69) is 4.72 Å². The Morgan fingerprint density at radius 1 is 1.15 bits per heavy atom. The minimum atomic E-state index is -3.55. The Kier molecular flexibility index (Phi) is 5.59. The van der Waals surface area contributed by atoms with Crippen LogP contribution >= 0.6 is 0 Å². The normalized spacial score (nSPS) is 15.4. The summed E-state index contributed by atoms with van der Waals surface area (Å²) in [5, 5.41) is 10.7. The molecule has 8 heteroatoms. The van der Waals surface area contributed by atoms with Crippen LogP contribution in [-0.4, -0.2) is 39.7 Å². The molecular formula is C19H23NO6S. The largest absolute Gasteiger partial charge is 0.497 e. The average molecular weight is 393 g/mol. The van der Waals surface area contributed by atoms with Crippen LogP contribution in [0.2, 0.25) is 0 Å². The molecule has 1 aliphatic heterocycles. The van der Waals surface area contributed by atoms with Gasteiger partial charge >= 0.3 is 0 Å². The zero-order valence-electron chi connectivity index (χ0n) is 15.3. The van der Waals surface area contributed by atoms with Gasteiger partial charge in [0.05, 0.1) is 12.9 Å². The van der Waals surface area contributed by atoms with Crippen LogP contribution < -0.4 is 18.9 Å². The molecule has 2 aromatic carbocycles. The third-order valence-electron chi connectivity index (χ3n) is 4.45. The van der Waals surface area contributed by atoms with E-state index < -0.39 is 15.6 Å². The first-order valence-corrected chi connectivity index (χ1v) is 10.2. The number of aryl methyl sites for hydroxylation is 1. The van der Waals surface area contributed by atoms with Gasteiger partial charge in [0.15, 0.2) is 11.5 Å². The molecule has 0 radical (unpaired) electrons. The van der Waals surface area contributed by atoms with Crippen molar-refractivity contribution in [1.29, 1.82) is 0 Å². The summed E-state index contributed by atoms with van der Waals surface area (Å²) in [6.45, 7) is 1.55. The van der Waals surface area contributed by atoms with Gasteiger partial charge < -0.3 is 19.3 Å². The number of rotatable bonds is 8. The number of hydrogen-bond donors (Lipinski definition) is 2. The van der Waals surface area contributed by atoms with E-state index in [4.69, 9.17) is 14.2 Å². The van der Waals surface area contributed by atoms with Crippen molar-refractivity contribution < 1.29 is 27.7 Å². The number of sulfonamides is 1. The zero-order valence-corrected chi connectivity index (χ0v) is 16.1. The topological polar surface area (TPSA) is 94.1 Å². The second-order valence-electron chi connectivity index (χ2n) is 6.58. The number of methoxy groups -OCH3 is 1. The van der Waals surface area contributed by atoms with Gasteiger partial charge in [-0.15, -0.1) is 0 Å². The Labute approximate surface area is 158 Å². The number of nitrogens with one attached hydrogen (secondary N) is 1. The maximum absolute atomic E-state index is 12.3. The molecule has 1 atom stereocenters. The summed E-state index contributed by atoms with van der Waals surface area (Å²) >= 11 is 0. The van der Waals surface area contributed by atoms with Gasteiger partial charge in [0.2, 0.25) is 16.8 Å². The molecule has 1 heterocycles. The summed E-state index contributed by atoms with van der Waals surface area (Å²) in [6.07, 6.45) is 0.367. The highest BCUT2D eigenvalue weighted by Gasteiger charge is 2.27. The molecule has 7 nitrogen and oxygen atoms in total. The van der Waals surface area contributed by atoms with E-state index in [1.54, 1.807) is 44.4 Å². The fourth-order valence-electron chi connectivity index (χ4n) is 2.70. The van der Waals surface area contributed by atoms with Crippen molar-refractivity contribution in [3.8, 4) is 17.2 Å². The number of benzene rings is 2. The SMILES string of the molecule is COc1ccc(CCS(=O)(=O)NC[C@](C)(O)c2ccc3c(c2)OCO3)cc1. The fourth-order valence-corrected chi connectivity index (χ4v) is 3.85. The first-order valence-electron chi connectivity index (χ1n) is 8.52. The molecule has 3 rings (SSSR count). The molecule has 0 aromatic heterocycles. The van der Waals surface area contributed by atoms with E-state index in [-0.39, 0.29) is 19.1 Å². The maximum atomic E-state index is 12.3. The predicted molar refractivity (Wildman–Crippen MR) is 101 cm³/mol. The highest BCUT2D eigenvalue weighted by molar-refractivity contribution is 7.89. The van der Waals surface area contributed by atoms with Gasteiger partial charge in [-0.2, -0.15) is 0 Å². The van der Waals surface area contributed by atoms with Gasteiger partial charge in [0, 0.05) is 6.54 Å². The molecular weight excluding hydrogens is 370 g/mol. The molecule has 0 fully saturated rings. The van der Waals surface area contributed by atoms with E-state index >= 15 is 0 Å². The van der Waals surface area contributed by atoms with Gasteiger partial charge in [-0.1, -0.05) is 18.2 Å². The lowest BCUT2D eigenvalue weighted by atomic mass is 9.96. The summed E-state index contributed by atoms with van der Waals surface area (Å²) in [4.78, 5) is 0. The van der Waals surface area contributed by atoms with Crippen molar-refractivity contribution in [2.24, 2.45) is 0 Å². The van der Waals surface area contributed by atoms with Gasteiger partial charge in [0.1, 0.15) is 11.4 Å². The van der Waals surface area contributed by atoms with Crippen LogP contribution in [0.1, 0.15) is 18.1 Å². The van der Waals surface area contributed by atoms with E-state index in [9.17, 15) is 13.5 Å². The van der Waals surface area contributed by atoms with E-state index in [1.807, 2.05) is 12.1 Å². The van der Waals surface area contributed by atoms with Gasteiger partial charge in [-0.05, 0) is 48.7 Å². The minimum Gasteiger partial charge on any atom is -0.497 e. The number of fused-ring (bicyclic) bond motifs is 1. The number of ether oxygens (including phenoxy) is 3. The summed E-state index contributed by atoms with van der Waals surface area (Å²) < 4.78 is 42.7. The second kappa shape index (κ2) is 7.75. The summed E-state index contributed by atoms with van der Waals surface area (Å²) in [7, 11) is -1.97. The van der Waals surface area contributed by atoms with Crippen LogP contribution in [0, 0.1) is 0 Å². The van der Waals surface area contributed by atoms with E-state index in [1.165, 1.54) is 0 Å². The van der Waals surface area contributed by atoms with Crippen LogP contribution in [0.4, 0.5) is 0 Å². The smallest absolute Gasteiger partial charge is 0.231 e. The van der Waals surface area contributed by atoms with E-state index in [0.717, 1.165) is 11.3 Å². The quantitative estimate of drug-likeness (QED) is 0.710. The Morgan fingerprint density at radius 3 is 2.56 bits per heavy atom. The molecule has 0 saturated carbocycles. The van der Waals surface area contributed by atoms with Crippen molar-refractivity contribution in [2.45, 2.75) is 18.9 Å². The molecule has 0 aliphatic carbocycles. The Hall–Kier alpha value is -2.29.